The maximum Gasteiger partial charge on any atom is 0.407 e. The Kier molecular flexibility index (Phi) is 8.54. The topological polar surface area (TPSA) is 86.6 Å². The fourth-order valence-electron chi connectivity index (χ4n) is 3.56. The summed E-state index contributed by atoms with van der Waals surface area (Å²) >= 11 is 0. The van der Waals surface area contributed by atoms with Crippen LogP contribution in [0.4, 0.5) is 10.5 Å². The third-order valence-electron chi connectivity index (χ3n) is 5.02. The summed E-state index contributed by atoms with van der Waals surface area (Å²) in [5, 5.41) is 11.9. The van der Waals surface area contributed by atoms with E-state index in [1.165, 1.54) is 6.42 Å². The molecule has 1 saturated heterocycles. The molecule has 0 spiro atoms. The quantitative estimate of drug-likeness (QED) is 0.539. The van der Waals surface area contributed by atoms with Gasteiger partial charge >= 0.3 is 6.09 Å². The van der Waals surface area contributed by atoms with Crippen molar-refractivity contribution >= 4 is 22.7 Å². The van der Waals surface area contributed by atoms with Gasteiger partial charge in [0.2, 0.25) is 0 Å². The molecule has 2 heterocycles. The largest absolute Gasteiger partial charge is 0.444 e. The van der Waals surface area contributed by atoms with Crippen molar-refractivity contribution in [3.8, 4) is 0 Å². The van der Waals surface area contributed by atoms with Gasteiger partial charge in [-0.15, -0.1) is 0 Å². The van der Waals surface area contributed by atoms with Crippen LogP contribution in [0.2, 0.25) is 0 Å². The zero-order valence-corrected chi connectivity index (χ0v) is 19.0. The number of hydrogen-bond acceptors (Lipinski definition) is 6. The zero-order chi connectivity index (χ0) is 22.1. The average molecular weight is 433 g/mol. The Hall–Kier alpha value is -2.32. The van der Waals surface area contributed by atoms with Crippen molar-refractivity contribution in [2.24, 2.45) is 0 Å². The number of benzene rings is 1. The molecule has 1 amide bonds. The van der Waals surface area contributed by atoms with E-state index in [1.807, 2.05) is 37.7 Å². The van der Waals surface area contributed by atoms with Crippen LogP contribution in [-0.4, -0.2) is 54.4 Å². The van der Waals surface area contributed by atoms with E-state index < -0.39 is 5.60 Å². The van der Waals surface area contributed by atoms with Crippen LogP contribution < -0.4 is 10.6 Å². The molecule has 1 unspecified atom stereocenters. The molecule has 1 aromatic carbocycles. The number of hydrogen-bond donors (Lipinski definition) is 2. The predicted octanol–water partition coefficient (Wildman–Crippen LogP) is 4.47. The Morgan fingerprint density at radius 3 is 2.87 bits per heavy atom. The van der Waals surface area contributed by atoms with E-state index in [9.17, 15) is 4.79 Å². The molecule has 0 aliphatic carbocycles. The van der Waals surface area contributed by atoms with E-state index in [0.717, 1.165) is 55.4 Å². The van der Waals surface area contributed by atoms with Crippen LogP contribution in [0.1, 0.15) is 59.1 Å². The molecular weight excluding hydrogens is 396 g/mol. The SMILES string of the molecule is CC(C)(C)OC(=O)NCCCCOCCNc1cccc2c1cnn2C1CCCCO1. The molecule has 31 heavy (non-hydrogen) atoms. The zero-order valence-electron chi connectivity index (χ0n) is 19.0. The molecule has 8 nitrogen and oxygen atoms in total. The minimum atomic E-state index is -0.465. The van der Waals surface area contributed by atoms with E-state index in [0.29, 0.717) is 19.8 Å². The maximum absolute atomic E-state index is 11.6. The van der Waals surface area contributed by atoms with Crippen molar-refractivity contribution in [3.05, 3.63) is 24.4 Å². The highest BCUT2D eigenvalue weighted by atomic mass is 16.6. The average Bonchev–Trinajstić information content (AvgIpc) is 3.17. The number of nitrogens with one attached hydrogen (secondary N) is 2. The number of ether oxygens (including phenoxy) is 3. The second-order valence-corrected chi connectivity index (χ2v) is 8.82. The molecule has 2 aromatic rings. The minimum Gasteiger partial charge on any atom is -0.444 e. The molecule has 2 N–H and O–H groups in total. The number of carbonyl (C=O) groups is 1. The standard InChI is InChI=1S/C23H36N4O4/c1-23(2,3)31-22(28)25-12-5-7-14-29-16-13-24-19-9-8-10-20-18(19)17-26-27(20)21-11-4-6-15-30-21/h8-10,17,21,24H,4-7,11-16H2,1-3H3,(H,25,28). The number of rotatable bonds is 10. The summed E-state index contributed by atoms with van der Waals surface area (Å²) in [7, 11) is 0. The first-order valence-electron chi connectivity index (χ1n) is 11.3. The highest BCUT2D eigenvalue weighted by Gasteiger charge is 2.19. The van der Waals surface area contributed by atoms with Crippen LogP contribution in [0.25, 0.3) is 10.9 Å². The number of anilines is 1. The first-order chi connectivity index (χ1) is 14.9. The van der Waals surface area contributed by atoms with Crippen LogP contribution >= 0.6 is 0 Å². The normalized spacial score (nSPS) is 16.9. The molecule has 1 aliphatic rings. The van der Waals surface area contributed by atoms with Gasteiger partial charge in [0.05, 0.1) is 18.3 Å². The highest BCUT2D eigenvalue weighted by molar-refractivity contribution is 5.91. The summed E-state index contributed by atoms with van der Waals surface area (Å²) in [5.41, 5.74) is 1.69. The second kappa shape index (κ2) is 11.3. The first kappa shape index (κ1) is 23.3. The fourth-order valence-corrected chi connectivity index (χ4v) is 3.56. The number of unbranched alkanes of at least 4 members (excludes halogenated alkanes) is 1. The molecule has 1 aliphatic heterocycles. The lowest BCUT2D eigenvalue weighted by molar-refractivity contribution is -0.0366. The minimum absolute atomic E-state index is 0.0367. The number of aromatic nitrogens is 2. The maximum atomic E-state index is 11.6. The lowest BCUT2D eigenvalue weighted by atomic mass is 10.2. The van der Waals surface area contributed by atoms with Gasteiger partial charge in [-0.1, -0.05) is 6.07 Å². The second-order valence-electron chi connectivity index (χ2n) is 8.82. The molecule has 3 rings (SSSR count). The number of alkyl carbamates (subject to hydrolysis) is 1. The summed E-state index contributed by atoms with van der Waals surface area (Å²) in [4.78, 5) is 11.6. The van der Waals surface area contributed by atoms with Gasteiger partial charge in [0.1, 0.15) is 5.60 Å². The van der Waals surface area contributed by atoms with Gasteiger partial charge in [0.15, 0.2) is 6.23 Å². The molecular formula is C23H36N4O4. The van der Waals surface area contributed by atoms with Crippen molar-refractivity contribution in [2.45, 2.75) is 64.7 Å². The van der Waals surface area contributed by atoms with Crippen molar-refractivity contribution in [3.63, 3.8) is 0 Å². The molecule has 0 radical (unpaired) electrons. The summed E-state index contributed by atoms with van der Waals surface area (Å²) in [6, 6.07) is 6.20. The molecule has 8 heteroatoms. The van der Waals surface area contributed by atoms with Crippen LogP contribution in [-0.2, 0) is 14.2 Å². The van der Waals surface area contributed by atoms with Crippen molar-refractivity contribution in [1.82, 2.24) is 15.1 Å². The number of carbonyl (C=O) groups excluding carboxylic acids is 1. The number of nitrogens with zero attached hydrogens (tertiary/aromatic N) is 2. The molecule has 1 atom stereocenters. The number of fused-ring (bicyclic) bond motifs is 1. The molecule has 1 aromatic heterocycles. The van der Waals surface area contributed by atoms with E-state index in [-0.39, 0.29) is 12.3 Å². The van der Waals surface area contributed by atoms with Gasteiger partial charge < -0.3 is 24.8 Å². The van der Waals surface area contributed by atoms with Gasteiger partial charge in [-0.05, 0) is 65.0 Å². The molecule has 172 valence electrons. The van der Waals surface area contributed by atoms with Crippen molar-refractivity contribution in [1.29, 1.82) is 0 Å². The van der Waals surface area contributed by atoms with E-state index >= 15 is 0 Å². The van der Waals surface area contributed by atoms with Crippen LogP contribution in [0.15, 0.2) is 24.4 Å². The van der Waals surface area contributed by atoms with E-state index in [2.05, 4.69) is 27.9 Å². The van der Waals surface area contributed by atoms with Crippen LogP contribution in [0.5, 0.6) is 0 Å². The monoisotopic (exact) mass is 432 g/mol. The van der Waals surface area contributed by atoms with Gasteiger partial charge in [0.25, 0.3) is 0 Å². The summed E-state index contributed by atoms with van der Waals surface area (Å²) in [6.45, 7) is 8.96. The number of amides is 1. The third kappa shape index (κ3) is 7.40. The molecule has 1 fully saturated rings. The van der Waals surface area contributed by atoms with Gasteiger partial charge in [-0.2, -0.15) is 5.10 Å². The summed E-state index contributed by atoms with van der Waals surface area (Å²) < 4.78 is 18.8. The Bertz CT molecular complexity index is 825. The van der Waals surface area contributed by atoms with Crippen LogP contribution in [0, 0.1) is 0 Å². The Morgan fingerprint density at radius 2 is 2.10 bits per heavy atom. The fraction of sp³-hybridized carbons (Fsp3) is 0.652. The highest BCUT2D eigenvalue weighted by Crippen LogP contribution is 2.29. The summed E-state index contributed by atoms with van der Waals surface area (Å²) in [6.07, 6.45) is 6.64. The Balaban J connectivity index is 1.32. The van der Waals surface area contributed by atoms with Gasteiger partial charge in [0, 0.05) is 37.4 Å². The summed E-state index contributed by atoms with van der Waals surface area (Å²) in [5.74, 6) is 0. The van der Waals surface area contributed by atoms with Crippen molar-refractivity contribution < 1.29 is 19.0 Å². The lowest BCUT2D eigenvalue weighted by Gasteiger charge is -2.23. The first-order valence-corrected chi connectivity index (χ1v) is 11.3. The van der Waals surface area contributed by atoms with Crippen LogP contribution in [0.3, 0.4) is 0 Å². The molecule has 0 bridgehead atoms. The van der Waals surface area contributed by atoms with Crippen molar-refractivity contribution in [2.75, 3.05) is 38.2 Å². The Morgan fingerprint density at radius 1 is 1.23 bits per heavy atom. The molecule has 0 saturated carbocycles. The van der Waals surface area contributed by atoms with E-state index in [4.69, 9.17) is 14.2 Å². The third-order valence-corrected chi connectivity index (χ3v) is 5.02. The van der Waals surface area contributed by atoms with E-state index in [1.54, 1.807) is 0 Å². The predicted molar refractivity (Wildman–Crippen MR) is 121 cm³/mol. The smallest absolute Gasteiger partial charge is 0.407 e. The van der Waals surface area contributed by atoms with Gasteiger partial charge in [-0.3, -0.25) is 0 Å². The van der Waals surface area contributed by atoms with Gasteiger partial charge in [-0.25, -0.2) is 9.48 Å². The lowest BCUT2D eigenvalue weighted by Crippen LogP contribution is -2.33. The Labute approximate surface area is 184 Å².